The van der Waals surface area contributed by atoms with Crippen LogP contribution in [0.15, 0.2) is 66.7 Å². The SMILES string of the molecule is CC(C)(O)c1cc(F)cc([C@](Cc2ccccc2)(NC(=O)NCC(F)(F)F)c2ccc(F)c(C(F)(F)F)c2)c1. The molecule has 0 aliphatic heterocycles. The van der Waals surface area contributed by atoms with Gasteiger partial charge in [0.05, 0.1) is 16.7 Å². The molecule has 3 aromatic carbocycles. The zero-order valence-corrected chi connectivity index (χ0v) is 20.6. The summed E-state index contributed by atoms with van der Waals surface area (Å²) in [5.74, 6) is -2.57. The Balaban J connectivity index is 2.36. The number of rotatable bonds is 7. The van der Waals surface area contributed by atoms with Crippen molar-refractivity contribution in [3.8, 4) is 0 Å². The lowest BCUT2D eigenvalue weighted by molar-refractivity contribution is -0.140. The highest BCUT2D eigenvalue weighted by Crippen LogP contribution is 2.40. The highest BCUT2D eigenvalue weighted by Gasteiger charge is 2.42. The van der Waals surface area contributed by atoms with Crippen LogP contribution in [-0.2, 0) is 23.7 Å². The maximum absolute atomic E-state index is 14.9. The number of hydrogen-bond acceptors (Lipinski definition) is 2. The molecular weight excluding hydrogens is 536 g/mol. The summed E-state index contributed by atoms with van der Waals surface area (Å²) >= 11 is 0. The molecular formula is C27H24F8N2O2. The Morgan fingerprint density at radius 2 is 1.44 bits per heavy atom. The van der Waals surface area contributed by atoms with Gasteiger partial charge in [0.25, 0.3) is 0 Å². The zero-order valence-electron chi connectivity index (χ0n) is 20.6. The van der Waals surface area contributed by atoms with Gasteiger partial charge in [-0.1, -0.05) is 42.5 Å². The average Bonchev–Trinajstić information content (AvgIpc) is 2.81. The van der Waals surface area contributed by atoms with Crippen molar-refractivity contribution in [1.82, 2.24) is 10.6 Å². The Kier molecular flexibility index (Phi) is 8.30. The lowest BCUT2D eigenvalue weighted by Crippen LogP contribution is -2.53. The summed E-state index contributed by atoms with van der Waals surface area (Å²) < 4.78 is 109. The predicted octanol–water partition coefficient (Wildman–Crippen LogP) is 6.56. The minimum atomic E-state index is -5.17. The summed E-state index contributed by atoms with van der Waals surface area (Å²) in [5.41, 5.74) is -5.76. The topological polar surface area (TPSA) is 61.4 Å². The van der Waals surface area contributed by atoms with Crippen LogP contribution in [0, 0.1) is 11.6 Å². The number of alkyl halides is 6. The first-order valence-corrected chi connectivity index (χ1v) is 11.5. The first-order valence-electron chi connectivity index (χ1n) is 11.5. The molecule has 3 aromatic rings. The molecule has 0 radical (unpaired) electrons. The molecule has 12 heteroatoms. The summed E-state index contributed by atoms with van der Waals surface area (Å²) in [6.45, 7) is 0.858. The minimum absolute atomic E-state index is 0.0365. The van der Waals surface area contributed by atoms with Crippen molar-refractivity contribution in [2.45, 2.75) is 43.8 Å². The second-order valence-corrected chi connectivity index (χ2v) is 9.47. The van der Waals surface area contributed by atoms with E-state index in [2.05, 4.69) is 5.32 Å². The number of carbonyl (C=O) groups is 1. The van der Waals surface area contributed by atoms with E-state index in [9.17, 15) is 45.0 Å². The van der Waals surface area contributed by atoms with Gasteiger partial charge in [-0.25, -0.2) is 13.6 Å². The smallest absolute Gasteiger partial charge is 0.386 e. The summed E-state index contributed by atoms with van der Waals surface area (Å²) in [6, 6.07) is 11.3. The molecule has 1 atom stereocenters. The molecule has 210 valence electrons. The molecule has 0 aromatic heterocycles. The standard InChI is InChI=1S/C27H24F8N2O2/c1-24(2,39)18-10-19(12-20(28)11-18)25(14-16-6-4-3-5-7-16,37-23(38)36-15-26(30,31)32)17-8-9-22(29)21(13-17)27(33,34)35/h3-13,39H,14-15H2,1-2H3,(H2,36,37,38)/t25-/m1/s1. The number of carbonyl (C=O) groups excluding carboxylic acids is 1. The van der Waals surface area contributed by atoms with Crippen LogP contribution >= 0.6 is 0 Å². The number of halogens is 8. The Labute approximate surface area is 218 Å². The molecule has 3 rings (SSSR count). The molecule has 0 saturated heterocycles. The molecule has 0 saturated carbocycles. The summed E-state index contributed by atoms with van der Waals surface area (Å²) in [7, 11) is 0. The molecule has 2 amide bonds. The summed E-state index contributed by atoms with van der Waals surface area (Å²) in [5, 5.41) is 14.4. The van der Waals surface area contributed by atoms with E-state index < -0.39 is 58.8 Å². The third-order valence-electron chi connectivity index (χ3n) is 5.95. The Morgan fingerprint density at radius 3 is 2.00 bits per heavy atom. The van der Waals surface area contributed by atoms with Gasteiger partial charge in [0.1, 0.15) is 18.2 Å². The molecule has 4 nitrogen and oxygen atoms in total. The number of urea groups is 1. The van der Waals surface area contributed by atoms with Gasteiger partial charge in [0.2, 0.25) is 0 Å². The minimum Gasteiger partial charge on any atom is -0.386 e. The molecule has 3 N–H and O–H groups in total. The predicted molar refractivity (Wildman–Crippen MR) is 127 cm³/mol. The van der Waals surface area contributed by atoms with Gasteiger partial charge in [-0.05, 0) is 60.4 Å². The summed E-state index contributed by atoms with van der Waals surface area (Å²) in [6.07, 6.45) is -10.4. The van der Waals surface area contributed by atoms with Crippen LogP contribution in [0.2, 0.25) is 0 Å². The lowest BCUT2D eigenvalue weighted by Gasteiger charge is -2.37. The number of benzene rings is 3. The van der Waals surface area contributed by atoms with Gasteiger partial charge in [0.15, 0.2) is 0 Å². The van der Waals surface area contributed by atoms with Crippen molar-refractivity contribution < 1.29 is 45.0 Å². The first-order chi connectivity index (χ1) is 17.9. The van der Waals surface area contributed by atoms with Gasteiger partial charge in [-0.15, -0.1) is 0 Å². The lowest BCUT2D eigenvalue weighted by atomic mass is 9.76. The number of hydrogen-bond donors (Lipinski definition) is 3. The van der Waals surface area contributed by atoms with Crippen molar-refractivity contribution in [1.29, 1.82) is 0 Å². The Bertz CT molecular complexity index is 1320. The van der Waals surface area contributed by atoms with E-state index in [4.69, 9.17) is 0 Å². The molecule has 0 heterocycles. The molecule has 39 heavy (non-hydrogen) atoms. The van der Waals surface area contributed by atoms with E-state index in [1.165, 1.54) is 32.0 Å². The third-order valence-corrected chi connectivity index (χ3v) is 5.95. The van der Waals surface area contributed by atoms with Crippen molar-refractivity contribution in [2.24, 2.45) is 0 Å². The third kappa shape index (κ3) is 7.47. The van der Waals surface area contributed by atoms with Gasteiger partial charge in [-0.3, -0.25) is 0 Å². The highest BCUT2D eigenvalue weighted by molar-refractivity contribution is 5.76. The largest absolute Gasteiger partial charge is 0.419 e. The van der Waals surface area contributed by atoms with Gasteiger partial charge >= 0.3 is 18.4 Å². The quantitative estimate of drug-likeness (QED) is 0.287. The van der Waals surface area contributed by atoms with Crippen molar-refractivity contribution in [3.05, 3.63) is 106 Å². The zero-order chi connectivity index (χ0) is 29.2. The number of aliphatic hydroxyl groups is 1. The molecule has 0 fully saturated rings. The molecule has 0 aliphatic carbocycles. The molecule has 0 aliphatic rings. The molecule has 0 spiro atoms. The van der Waals surface area contributed by atoms with Gasteiger partial charge in [-0.2, -0.15) is 26.3 Å². The van der Waals surface area contributed by atoms with Crippen LogP contribution in [-0.4, -0.2) is 23.9 Å². The fourth-order valence-electron chi connectivity index (χ4n) is 4.08. The van der Waals surface area contributed by atoms with Crippen LogP contribution < -0.4 is 10.6 Å². The summed E-state index contributed by atoms with van der Waals surface area (Å²) in [4.78, 5) is 12.8. The van der Waals surface area contributed by atoms with Crippen LogP contribution in [0.25, 0.3) is 0 Å². The van der Waals surface area contributed by atoms with E-state index in [1.54, 1.807) is 23.5 Å². The van der Waals surface area contributed by atoms with Crippen LogP contribution in [0.1, 0.15) is 41.7 Å². The van der Waals surface area contributed by atoms with Gasteiger partial charge in [0, 0.05) is 6.42 Å². The normalized spacial score (nSPS) is 14.0. The highest BCUT2D eigenvalue weighted by atomic mass is 19.4. The monoisotopic (exact) mass is 560 g/mol. The maximum atomic E-state index is 14.9. The van der Waals surface area contributed by atoms with E-state index >= 15 is 0 Å². The first kappa shape index (κ1) is 29.9. The maximum Gasteiger partial charge on any atom is 0.419 e. The molecule has 0 bridgehead atoms. The van der Waals surface area contributed by atoms with E-state index in [1.807, 2.05) is 0 Å². The second kappa shape index (κ2) is 10.8. The number of amides is 2. The van der Waals surface area contributed by atoms with Crippen molar-refractivity contribution in [2.75, 3.05) is 6.54 Å². The van der Waals surface area contributed by atoms with Crippen LogP contribution in [0.3, 0.4) is 0 Å². The fourth-order valence-corrected chi connectivity index (χ4v) is 4.08. The van der Waals surface area contributed by atoms with Gasteiger partial charge < -0.3 is 15.7 Å². The van der Waals surface area contributed by atoms with E-state index in [0.29, 0.717) is 17.7 Å². The van der Waals surface area contributed by atoms with E-state index in [0.717, 1.165) is 18.2 Å². The van der Waals surface area contributed by atoms with Crippen molar-refractivity contribution in [3.63, 3.8) is 0 Å². The number of nitrogens with one attached hydrogen (secondary N) is 2. The van der Waals surface area contributed by atoms with Crippen molar-refractivity contribution >= 4 is 6.03 Å². The van der Waals surface area contributed by atoms with E-state index in [-0.39, 0.29) is 17.5 Å². The van der Waals surface area contributed by atoms with Crippen LogP contribution in [0.4, 0.5) is 39.9 Å². The fraction of sp³-hybridized carbons (Fsp3) is 0.296. The second-order valence-electron chi connectivity index (χ2n) is 9.47. The average molecular weight is 560 g/mol. The van der Waals surface area contributed by atoms with Crippen LogP contribution in [0.5, 0.6) is 0 Å². The Hall–Kier alpha value is -3.67. The Morgan fingerprint density at radius 1 is 0.821 bits per heavy atom. The molecule has 0 unspecified atom stereocenters.